The highest BCUT2D eigenvalue weighted by Gasteiger charge is 2.46. The van der Waals surface area contributed by atoms with E-state index in [2.05, 4.69) is 6.07 Å². The normalized spacial score (nSPS) is 17.9. The van der Waals surface area contributed by atoms with Crippen molar-refractivity contribution in [3.8, 4) is 11.8 Å². The Morgan fingerprint density at radius 3 is 2.58 bits per heavy atom. The van der Waals surface area contributed by atoms with Crippen LogP contribution >= 0.6 is 11.6 Å². The van der Waals surface area contributed by atoms with Crippen molar-refractivity contribution in [2.75, 3.05) is 4.90 Å². The molecule has 10 heteroatoms. The Hall–Kier alpha value is -4.68. The number of aryl methyl sites for hydroxylation is 1. The molecule has 1 aliphatic carbocycles. The third-order valence-corrected chi connectivity index (χ3v) is 8.28. The van der Waals surface area contributed by atoms with Crippen molar-refractivity contribution in [1.29, 1.82) is 5.26 Å². The Morgan fingerprint density at radius 1 is 1.19 bits per heavy atom. The maximum atomic E-state index is 14.0. The van der Waals surface area contributed by atoms with E-state index in [1.54, 1.807) is 18.2 Å². The highest BCUT2D eigenvalue weighted by atomic mass is 35.5. The second kappa shape index (κ2) is 11.2. The van der Waals surface area contributed by atoms with Crippen LogP contribution < -0.4 is 15.4 Å². The quantitative estimate of drug-likeness (QED) is 0.229. The summed E-state index contributed by atoms with van der Waals surface area (Å²) in [5, 5.41) is 22.7. The predicted octanol–water partition coefficient (Wildman–Crippen LogP) is 7.52. The standard InChI is InChI=1S/C33H30ClFN4O4/c1-18-11-20(17-43-29-10-9-21(35)13-24(29)34)19(2)22(12-18)30-23(16-36)32(37)38(25-7-5-6-8-26(25)39(41)42)27-14-33(3,4)15-28(40)31(27)30/h5-13,30H,14-15,17,37H2,1-4H3. The second-order valence-electron chi connectivity index (χ2n) is 11.7. The van der Waals surface area contributed by atoms with Crippen molar-refractivity contribution in [3.05, 3.63) is 120 Å². The van der Waals surface area contributed by atoms with E-state index in [1.165, 1.54) is 29.2 Å². The molecule has 3 aromatic carbocycles. The molecule has 220 valence electrons. The van der Waals surface area contributed by atoms with Crippen molar-refractivity contribution < 1.29 is 18.8 Å². The van der Waals surface area contributed by atoms with Crippen LogP contribution in [0.15, 0.2) is 77.3 Å². The van der Waals surface area contributed by atoms with Gasteiger partial charge in [0.2, 0.25) is 0 Å². The number of hydrogen-bond donors (Lipinski definition) is 1. The van der Waals surface area contributed by atoms with E-state index in [-0.39, 0.29) is 46.6 Å². The van der Waals surface area contributed by atoms with Gasteiger partial charge >= 0.3 is 0 Å². The summed E-state index contributed by atoms with van der Waals surface area (Å²) in [5.74, 6) is -1.04. The van der Waals surface area contributed by atoms with Crippen LogP contribution in [0.3, 0.4) is 0 Å². The number of halogens is 2. The zero-order valence-corrected chi connectivity index (χ0v) is 25.0. The summed E-state index contributed by atoms with van der Waals surface area (Å²) in [5.41, 5.74) is 10.6. The molecule has 1 heterocycles. The number of nitro benzene ring substituents is 1. The lowest BCUT2D eigenvalue weighted by molar-refractivity contribution is -0.384. The molecule has 2 aliphatic rings. The molecule has 8 nitrogen and oxygen atoms in total. The first kappa shape index (κ1) is 29.8. The Kier molecular flexibility index (Phi) is 7.76. The summed E-state index contributed by atoms with van der Waals surface area (Å²) in [6.45, 7) is 7.83. The van der Waals surface area contributed by atoms with Gasteiger partial charge in [0, 0.05) is 23.8 Å². The van der Waals surface area contributed by atoms with E-state index >= 15 is 0 Å². The molecule has 1 atom stereocenters. The van der Waals surface area contributed by atoms with Gasteiger partial charge in [0.15, 0.2) is 5.78 Å². The molecule has 0 bridgehead atoms. The first-order valence-electron chi connectivity index (χ1n) is 13.7. The number of rotatable bonds is 6. The third kappa shape index (κ3) is 5.46. The SMILES string of the molecule is Cc1cc(COc2ccc(F)cc2Cl)c(C)c(C2C(C#N)=C(N)N(c3ccccc3[N+](=O)[O-])C3=C2C(=O)CC(C)(C)C3)c1. The molecule has 1 aliphatic heterocycles. The minimum Gasteiger partial charge on any atom is -0.487 e. The average molecular weight is 601 g/mol. The molecule has 0 saturated heterocycles. The maximum absolute atomic E-state index is 14.0. The molecule has 3 aromatic rings. The summed E-state index contributed by atoms with van der Waals surface area (Å²) < 4.78 is 19.5. The smallest absolute Gasteiger partial charge is 0.293 e. The number of ether oxygens (including phenoxy) is 1. The van der Waals surface area contributed by atoms with Gasteiger partial charge in [-0.3, -0.25) is 19.8 Å². The van der Waals surface area contributed by atoms with Crippen LogP contribution in [-0.2, 0) is 11.4 Å². The zero-order valence-electron chi connectivity index (χ0n) is 24.2. The molecule has 43 heavy (non-hydrogen) atoms. The van der Waals surface area contributed by atoms with Crippen LogP contribution in [0.5, 0.6) is 5.75 Å². The lowest BCUT2D eigenvalue weighted by Gasteiger charge is -2.43. The van der Waals surface area contributed by atoms with Gasteiger partial charge in [0.1, 0.15) is 29.7 Å². The van der Waals surface area contributed by atoms with Gasteiger partial charge in [-0.05, 0) is 66.6 Å². The van der Waals surface area contributed by atoms with Gasteiger partial charge in [-0.2, -0.15) is 5.26 Å². The Morgan fingerprint density at radius 2 is 1.91 bits per heavy atom. The van der Waals surface area contributed by atoms with Crippen molar-refractivity contribution in [3.63, 3.8) is 0 Å². The van der Waals surface area contributed by atoms with Gasteiger partial charge in [0.05, 0.1) is 27.5 Å². The Balaban J connectivity index is 1.69. The summed E-state index contributed by atoms with van der Waals surface area (Å²) in [7, 11) is 0. The van der Waals surface area contributed by atoms with Crippen LogP contribution in [0.25, 0.3) is 0 Å². The summed E-state index contributed by atoms with van der Waals surface area (Å²) in [6, 6.07) is 16.2. The number of nitriles is 1. The molecule has 5 rings (SSSR count). The molecule has 0 aromatic heterocycles. The van der Waals surface area contributed by atoms with E-state index in [9.17, 15) is 24.6 Å². The van der Waals surface area contributed by atoms with Crippen LogP contribution in [0.2, 0.25) is 5.02 Å². The van der Waals surface area contributed by atoms with E-state index in [4.69, 9.17) is 22.1 Å². The van der Waals surface area contributed by atoms with Gasteiger partial charge in [-0.1, -0.05) is 55.3 Å². The molecule has 0 amide bonds. The van der Waals surface area contributed by atoms with Crippen molar-refractivity contribution in [2.45, 2.75) is 53.1 Å². The number of carbonyl (C=O) groups is 1. The summed E-state index contributed by atoms with van der Waals surface area (Å²) in [6.07, 6.45) is 0.662. The minimum absolute atomic E-state index is 0.0443. The number of para-hydroxylation sites is 2. The molecular formula is C33H30ClFN4O4. The molecule has 0 radical (unpaired) electrons. The molecule has 0 spiro atoms. The first-order valence-corrected chi connectivity index (χ1v) is 14.1. The zero-order chi connectivity index (χ0) is 31.2. The molecule has 0 saturated carbocycles. The van der Waals surface area contributed by atoms with Gasteiger partial charge < -0.3 is 10.5 Å². The topological polar surface area (TPSA) is 122 Å². The number of benzene rings is 3. The fraction of sp³-hybridized carbons (Fsp3) is 0.273. The van der Waals surface area contributed by atoms with Gasteiger partial charge in [0.25, 0.3) is 5.69 Å². The minimum atomic E-state index is -0.782. The van der Waals surface area contributed by atoms with Crippen molar-refractivity contribution >= 4 is 28.8 Å². The average Bonchev–Trinajstić information content (AvgIpc) is 2.93. The highest BCUT2D eigenvalue weighted by molar-refractivity contribution is 6.32. The number of carbonyl (C=O) groups excluding carboxylic acids is 1. The Labute approximate surface area is 254 Å². The van der Waals surface area contributed by atoms with Gasteiger partial charge in [-0.15, -0.1) is 0 Å². The van der Waals surface area contributed by atoms with Crippen LogP contribution in [0.4, 0.5) is 15.8 Å². The van der Waals surface area contributed by atoms with Crippen LogP contribution in [0, 0.1) is 46.5 Å². The summed E-state index contributed by atoms with van der Waals surface area (Å²) >= 11 is 6.17. The number of anilines is 1. The van der Waals surface area contributed by atoms with Gasteiger partial charge in [-0.25, -0.2) is 4.39 Å². The lowest BCUT2D eigenvalue weighted by atomic mass is 9.68. The van der Waals surface area contributed by atoms with Crippen LogP contribution in [-0.4, -0.2) is 10.7 Å². The number of hydrogen-bond acceptors (Lipinski definition) is 7. The summed E-state index contributed by atoms with van der Waals surface area (Å²) in [4.78, 5) is 27.0. The van der Waals surface area contributed by atoms with Crippen molar-refractivity contribution in [1.82, 2.24) is 0 Å². The monoisotopic (exact) mass is 600 g/mol. The fourth-order valence-corrected chi connectivity index (χ4v) is 6.29. The largest absolute Gasteiger partial charge is 0.487 e. The van der Waals surface area contributed by atoms with E-state index < -0.39 is 22.1 Å². The number of nitro groups is 1. The third-order valence-electron chi connectivity index (χ3n) is 7.99. The highest BCUT2D eigenvalue weighted by Crippen LogP contribution is 2.52. The molecule has 0 fully saturated rings. The second-order valence-corrected chi connectivity index (χ2v) is 12.1. The Bertz CT molecular complexity index is 1790. The van der Waals surface area contributed by atoms with E-state index in [0.29, 0.717) is 29.0 Å². The van der Waals surface area contributed by atoms with E-state index in [0.717, 1.165) is 16.7 Å². The number of Topliss-reactive ketones (excluding diaryl/α,β-unsaturated/α-hetero) is 1. The van der Waals surface area contributed by atoms with E-state index in [1.807, 2.05) is 39.8 Å². The number of nitrogens with zero attached hydrogens (tertiary/aromatic N) is 3. The first-order chi connectivity index (χ1) is 20.3. The number of nitrogens with two attached hydrogens (primary N) is 1. The van der Waals surface area contributed by atoms with Crippen molar-refractivity contribution in [2.24, 2.45) is 11.1 Å². The number of allylic oxidation sites excluding steroid dienone is 3. The fourth-order valence-electron chi connectivity index (χ4n) is 6.06. The molecule has 1 unspecified atom stereocenters. The number of ketones is 1. The predicted molar refractivity (Wildman–Crippen MR) is 162 cm³/mol. The van der Waals surface area contributed by atoms with Crippen LogP contribution in [0.1, 0.15) is 54.9 Å². The lowest BCUT2D eigenvalue weighted by Crippen LogP contribution is -2.42. The molecule has 2 N–H and O–H groups in total. The molecular weight excluding hydrogens is 571 g/mol. The maximum Gasteiger partial charge on any atom is 0.293 e.